The molecule has 7 heteroatoms. The summed E-state index contributed by atoms with van der Waals surface area (Å²) in [5, 5.41) is 13.2. The van der Waals surface area contributed by atoms with Crippen LogP contribution in [0.4, 0.5) is 0 Å². The van der Waals surface area contributed by atoms with E-state index < -0.39 is 38.5 Å². The second-order valence-corrected chi connectivity index (χ2v) is 15.9. The quantitative estimate of drug-likeness (QED) is 0.248. The van der Waals surface area contributed by atoms with Crippen molar-refractivity contribution in [1.82, 2.24) is 0 Å². The summed E-state index contributed by atoms with van der Waals surface area (Å²) in [6, 6.07) is 20.9. The Bertz CT molecular complexity index is 1030. The van der Waals surface area contributed by atoms with Crippen molar-refractivity contribution < 1.29 is 28.5 Å². The largest absolute Gasteiger partial charge is 0.401 e. The van der Waals surface area contributed by atoms with Crippen LogP contribution in [0.5, 0.6) is 0 Å². The lowest BCUT2D eigenvalue weighted by Crippen LogP contribution is -2.68. The minimum atomic E-state index is -2.83. The molecule has 214 valence electrons. The molecule has 0 spiro atoms. The molecule has 2 aromatic rings. The van der Waals surface area contributed by atoms with Crippen molar-refractivity contribution in [2.24, 2.45) is 0 Å². The summed E-state index contributed by atoms with van der Waals surface area (Å²) >= 11 is 0. The Morgan fingerprint density at radius 3 is 2.03 bits per heavy atom. The average Bonchev–Trinajstić information content (AvgIpc) is 3.21. The van der Waals surface area contributed by atoms with Crippen LogP contribution in [0.1, 0.15) is 61.3 Å². The summed E-state index contributed by atoms with van der Waals surface area (Å²) in [7, 11) is -1.26. The zero-order valence-electron chi connectivity index (χ0n) is 24.8. The number of methoxy groups -OCH3 is 1. The molecule has 5 atom stereocenters. The lowest BCUT2D eigenvalue weighted by molar-refractivity contribution is -0.152. The third kappa shape index (κ3) is 7.59. The molecule has 39 heavy (non-hydrogen) atoms. The molecule has 0 aliphatic carbocycles. The van der Waals surface area contributed by atoms with E-state index >= 15 is 0 Å². The lowest BCUT2D eigenvalue weighted by Gasteiger charge is -2.45. The van der Waals surface area contributed by atoms with Crippen molar-refractivity contribution in [3.05, 3.63) is 60.7 Å². The zero-order valence-corrected chi connectivity index (χ0v) is 25.8. The molecule has 1 heterocycles. The third-order valence-electron chi connectivity index (χ3n) is 7.05. The van der Waals surface area contributed by atoms with Crippen molar-refractivity contribution in [3.8, 4) is 11.8 Å². The molecule has 2 aromatic carbocycles. The third-order valence-corrected chi connectivity index (χ3v) is 12.2. The Kier molecular flexibility index (Phi) is 11.0. The van der Waals surface area contributed by atoms with E-state index in [0.717, 1.165) is 12.8 Å². The monoisotopic (exact) mass is 554 g/mol. The highest BCUT2D eigenvalue weighted by Crippen LogP contribution is 2.38. The predicted octanol–water partition coefficient (Wildman–Crippen LogP) is 4.63. The molecule has 0 aromatic heterocycles. The fraction of sp³-hybridized carbons (Fsp3) is 0.562. The first-order chi connectivity index (χ1) is 18.4. The number of aliphatic hydroxyl groups excluding tert-OH is 1. The van der Waals surface area contributed by atoms with Crippen LogP contribution in [0.25, 0.3) is 0 Å². The van der Waals surface area contributed by atoms with Gasteiger partial charge in [-0.05, 0) is 42.6 Å². The standard InChI is InChI=1S/C32H46O6Si/c1-9-16-29-30(37-32(6,7)36-29)27(33)21-22-28(35-23-34-8)24(2)38-39(31(3,4)5,25-17-12-10-13-18-25)26-19-14-11-15-20-26/h10-15,17-20,24,27-30,33H,9,16,23H2,1-8H3/t24-,27?,28+,29-,30+/m0/s1. The van der Waals surface area contributed by atoms with Crippen LogP contribution in [0.3, 0.4) is 0 Å². The Labute approximate surface area is 236 Å². The Balaban J connectivity index is 1.97. The van der Waals surface area contributed by atoms with Gasteiger partial charge < -0.3 is 28.5 Å². The van der Waals surface area contributed by atoms with Gasteiger partial charge in [0.1, 0.15) is 25.1 Å². The van der Waals surface area contributed by atoms with Crippen LogP contribution in [0.2, 0.25) is 5.04 Å². The van der Waals surface area contributed by atoms with Gasteiger partial charge in [-0.3, -0.25) is 0 Å². The van der Waals surface area contributed by atoms with Crippen LogP contribution in [0, 0.1) is 11.8 Å². The van der Waals surface area contributed by atoms with Gasteiger partial charge in [0.05, 0.1) is 12.2 Å². The molecule has 0 amide bonds. The second-order valence-electron chi connectivity index (χ2n) is 11.6. The van der Waals surface area contributed by atoms with Crippen molar-refractivity contribution >= 4 is 18.7 Å². The normalized spacial score (nSPS) is 21.6. The maximum absolute atomic E-state index is 11.1. The van der Waals surface area contributed by atoms with Crippen molar-refractivity contribution in [3.63, 3.8) is 0 Å². The fourth-order valence-corrected chi connectivity index (χ4v) is 10.1. The maximum Gasteiger partial charge on any atom is 0.261 e. The van der Waals surface area contributed by atoms with E-state index in [0.29, 0.717) is 0 Å². The van der Waals surface area contributed by atoms with E-state index in [9.17, 15) is 5.11 Å². The van der Waals surface area contributed by atoms with Crippen LogP contribution < -0.4 is 10.4 Å². The molecule has 1 N–H and O–H groups in total. The Morgan fingerprint density at radius 1 is 0.974 bits per heavy atom. The van der Waals surface area contributed by atoms with E-state index in [1.165, 1.54) is 10.4 Å². The van der Waals surface area contributed by atoms with Crippen LogP contribution in [-0.2, 0) is 23.4 Å². The van der Waals surface area contributed by atoms with E-state index in [2.05, 4.69) is 88.1 Å². The molecule has 3 rings (SSSR count). The molecule has 0 radical (unpaired) electrons. The summed E-state index contributed by atoms with van der Waals surface area (Å²) < 4.78 is 30.5. The molecular formula is C32H46O6Si. The van der Waals surface area contributed by atoms with Crippen molar-refractivity contribution in [2.75, 3.05) is 13.9 Å². The molecule has 1 fully saturated rings. The summed E-state index contributed by atoms with van der Waals surface area (Å²) in [6.45, 7) is 14.6. The first kappa shape index (κ1) is 31.5. The summed E-state index contributed by atoms with van der Waals surface area (Å²) in [5.74, 6) is 5.39. The molecule has 1 unspecified atom stereocenters. The number of ether oxygens (including phenoxy) is 4. The topological polar surface area (TPSA) is 66.4 Å². The van der Waals surface area contributed by atoms with Crippen LogP contribution >= 0.6 is 0 Å². The van der Waals surface area contributed by atoms with E-state index in [1.807, 2.05) is 32.9 Å². The first-order valence-electron chi connectivity index (χ1n) is 13.9. The van der Waals surface area contributed by atoms with E-state index in [1.54, 1.807) is 7.11 Å². The molecule has 1 aliphatic rings. The first-order valence-corrected chi connectivity index (χ1v) is 15.8. The molecule has 0 bridgehead atoms. The number of benzene rings is 2. The molecule has 0 saturated carbocycles. The van der Waals surface area contributed by atoms with Gasteiger partial charge in [0, 0.05) is 7.11 Å². The highest BCUT2D eigenvalue weighted by molar-refractivity contribution is 6.99. The van der Waals surface area contributed by atoms with Gasteiger partial charge in [-0.25, -0.2) is 0 Å². The second kappa shape index (κ2) is 13.6. The molecule has 1 aliphatic heterocycles. The SMILES string of the molecule is CCC[C@@H]1OC(C)(C)O[C@@H]1C(O)C#C[C@@H](OCOC)[C@H](C)O[Si](c1ccccc1)(c1ccccc1)C(C)(C)C. The summed E-state index contributed by atoms with van der Waals surface area (Å²) in [4.78, 5) is 0. The Hall–Kier alpha value is -2.02. The lowest BCUT2D eigenvalue weighted by atomic mass is 10.0. The molecule has 1 saturated heterocycles. The summed E-state index contributed by atoms with van der Waals surface area (Å²) in [6.07, 6.45) is -1.15. The van der Waals surface area contributed by atoms with Crippen LogP contribution in [0.15, 0.2) is 60.7 Å². The van der Waals surface area contributed by atoms with Gasteiger partial charge in [0.2, 0.25) is 0 Å². The number of hydrogen-bond acceptors (Lipinski definition) is 6. The zero-order chi connectivity index (χ0) is 28.7. The van der Waals surface area contributed by atoms with Gasteiger partial charge in [-0.2, -0.15) is 0 Å². The number of rotatable bonds is 11. The van der Waals surface area contributed by atoms with E-state index in [4.69, 9.17) is 23.4 Å². The minimum absolute atomic E-state index is 0.0540. The number of hydrogen-bond donors (Lipinski definition) is 1. The van der Waals surface area contributed by atoms with E-state index in [-0.39, 0.29) is 17.9 Å². The van der Waals surface area contributed by atoms with Crippen molar-refractivity contribution in [2.45, 2.75) is 103 Å². The predicted molar refractivity (Wildman–Crippen MR) is 157 cm³/mol. The smallest absolute Gasteiger partial charge is 0.261 e. The minimum Gasteiger partial charge on any atom is -0.401 e. The highest BCUT2D eigenvalue weighted by atomic mass is 28.4. The Morgan fingerprint density at radius 2 is 1.54 bits per heavy atom. The van der Waals surface area contributed by atoms with Gasteiger partial charge in [0.15, 0.2) is 5.79 Å². The summed E-state index contributed by atoms with van der Waals surface area (Å²) in [5.41, 5.74) is 0. The average molecular weight is 555 g/mol. The highest BCUT2D eigenvalue weighted by Gasteiger charge is 2.51. The van der Waals surface area contributed by atoms with Crippen LogP contribution in [-0.4, -0.2) is 63.6 Å². The fourth-order valence-electron chi connectivity index (χ4n) is 5.36. The van der Waals surface area contributed by atoms with Crippen molar-refractivity contribution in [1.29, 1.82) is 0 Å². The number of aliphatic hydroxyl groups is 1. The van der Waals surface area contributed by atoms with Gasteiger partial charge in [-0.15, -0.1) is 0 Å². The molecule has 6 nitrogen and oxygen atoms in total. The van der Waals surface area contributed by atoms with Gasteiger partial charge >= 0.3 is 0 Å². The molecular weight excluding hydrogens is 508 g/mol. The van der Waals surface area contributed by atoms with Gasteiger partial charge in [0.25, 0.3) is 8.32 Å². The van der Waals surface area contributed by atoms with Gasteiger partial charge in [-0.1, -0.05) is 107 Å². The maximum atomic E-state index is 11.1.